The number of nitrogens with one attached hydrogen (secondary N) is 4. The third kappa shape index (κ3) is 12.4. The standard InChI is InChI=1S/C44H66N4O9/c1-28(2)12-17-36-43(5,57-36)40-39(54-6)35(18-20-44(40)27-55-44)56-38(51)26-31-13-15-32(16-14-31)47-37(50)19-21-45-33(24-29(3)4)42(53)48-34(41(52)46-22-23-49)25-30-10-8-7-9-11-30/h7-12,23,29,31-36,39-40,45H,13-22,24-27H2,1-6H3,(H,46,52)(H,47,50)(H,48,53)/t31?,32?,33-,34-,35?,36+,39?,40?,43?,44-/m0/s1. The van der Waals surface area contributed by atoms with Crippen LogP contribution in [0.25, 0.3) is 0 Å². The van der Waals surface area contributed by atoms with E-state index in [1.807, 2.05) is 44.2 Å². The number of hydrogen-bond acceptors (Lipinski definition) is 10. The quantitative estimate of drug-likeness (QED) is 0.0614. The number of esters is 1. The number of amides is 3. The lowest BCUT2D eigenvalue weighted by atomic mass is 9.68. The number of rotatable bonds is 21. The predicted molar refractivity (Wildman–Crippen MR) is 215 cm³/mol. The average molecular weight is 795 g/mol. The number of hydrogen-bond donors (Lipinski definition) is 4. The molecular formula is C44H66N4O9. The highest BCUT2D eigenvalue weighted by Crippen LogP contribution is 2.59. The molecule has 0 aromatic heterocycles. The topological polar surface area (TPSA) is 177 Å². The molecule has 13 nitrogen and oxygen atoms in total. The van der Waals surface area contributed by atoms with Crippen molar-refractivity contribution in [2.24, 2.45) is 17.8 Å². The third-order valence-corrected chi connectivity index (χ3v) is 12.2. The van der Waals surface area contributed by atoms with Gasteiger partial charge in [-0.05, 0) is 89.5 Å². The van der Waals surface area contributed by atoms with Crippen LogP contribution in [0.2, 0.25) is 0 Å². The second-order valence-electron chi connectivity index (χ2n) is 17.4. The number of allylic oxidation sites excluding steroid dienone is 1. The maximum absolute atomic E-state index is 13.5. The Balaban J connectivity index is 1.04. The predicted octanol–water partition coefficient (Wildman–Crippen LogP) is 4.11. The van der Waals surface area contributed by atoms with Crippen molar-refractivity contribution in [3.05, 3.63) is 47.5 Å². The van der Waals surface area contributed by atoms with Gasteiger partial charge in [0.2, 0.25) is 17.7 Å². The molecule has 8 atom stereocenters. The molecular weight excluding hydrogens is 729 g/mol. The number of benzene rings is 1. The first-order valence-corrected chi connectivity index (χ1v) is 21.0. The van der Waals surface area contributed by atoms with E-state index in [9.17, 15) is 24.0 Å². The summed E-state index contributed by atoms with van der Waals surface area (Å²) in [6, 6.07) is 7.92. The number of carbonyl (C=O) groups excluding carboxylic acids is 5. The van der Waals surface area contributed by atoms with Crippen LogP contribution in [0.5, 0.6) is 0 Å². The van der Waals surface area contributed by atoms with Gasteiger partial charge in [0.1, 0.15) is 35.7 Å². The van der Waals surface area contributed by atoms with E-state index < -0.39 is 18.0 Å². The number of aldehydes is 1. The molecule has 4 unspecified atom stereocenters. The van der Waals surface area contributed by atoms with Crippen LogP contribution in [0.15, 0.2) is 42.0 Å². The highest BCUT2D eigenvalue weighted by molar-refractivity contribution is 5.90. The molecule has 13 heteroatoms. The summed E-state index contributed by atoms with van der Waals surface area (Å²) in [5, 5.41) is 11.8. The minimum atomic E-state index is -0.861. The van der Waals surface area contributed by atoms with E-state index in [0.717, 1.165) is 44.1 Å². The summed E-state index contributed by atoms with van der Waals surface area (Å²) in [4.78, 5) is 63.5. The molecule has 1 spiro atoms. The van der Waals surface area contributed by atoms with Crippen molar-refractivity contribution in [2.75, 3.05) is 26.8 Å². The summed E-state index contributed by atoms with van der Waals surface area (Å²) in [6.45, 7) is 11.2. The summed E-state index contributed by atoms with van der Waals surface area (Å²) in [6.07, 6.45) is 9.09. The van der Waals surface area contributed by atoms with Gasteiger partial charge in [0.05, 0.1) is 31.2 Å². The van der Waals surface area contributed by atoms with Crippen LogP contribution in [-0.2, 0) is 49.3 Å². The molecule has 2 aliphatic heterocycles. The van der Waals surface area contributed by atoms with Crippen LogP contribution in [0.3, 0.4) is 0 Å². The molecule has 1 aromatic carbocycles. The van der Waals surface area contributed by atoms with E-state index in [4.69, 9.17) is 18.9 Å². The molecule has 4 aliphatic rings. The van der Waals surface area contributed by atoms with Crippen LogP contribution in [0, 0.1) is 17.8 Å². The molecule has 316 valence electrons. The zero-order valence-corrected chi connectivity index (χ0v) is 34.8. The molecule has 0 bridgehead atoms. The van der Waals surface area contributed by atoms with Gasteiger partial charge < -0.3 is 45.0 Å². The number of ether oxygens (including phenoxy) is 4. The summed E-state index contributed by atoms with van der Waals surface area (Å²) in [5.41, 5.74) is 1.48. The van der Waals surface area contributed by atoms with Crippen molar-refractivity contribution < 1.29 is 42.9 Å². The molecule has 2 saturated carbocycles. The zero-order valence-electron chi connectivity index (χ0n) is 34.8. The summed E-state index contributed by atoms with van der Waals surface area (Å²) in [5.74, 6) is -0.725. The van der Waals surface area contributed by atoms with Crippen LogP contribution in [0.4, 0.5) is 0 Å². The van der Waals surface area contributed by atoms with Gasteiger partial charge in [-0.15, -0.1) is 0 Å². The number of epoxide rings is 2. The lowest BCUT2D eigenvalue weighted by Gasteiger charge is -2.42. The highest BCUT2D eigenvalue weighted by atomic mass is 16.6. The second kappa shape index (κ2) is 20.4. The Morgan fingerprint density at radius 2 is 1.72 bits per heavy atom. The molecule has 2 heterocycles. The van der Waals surface area contributed by atoms with Gasteiger partial charge in [0.15, 0.2) is 0 Å². The maximum Gasteiger partial charge on any atom is 0.306 e. The second-order valence-corrected chi connectivity index (χ2v) is 17.4. The van der Waals surface area contributed by atoms with Crippen LogP contribution >= 0.6 is 0 Å². The number of carbonyl (C=O) groups is 5. The van der Waals surface area contributed by atoms with E-state index in [2.05, 4.69) is 48.1 Å². The van der Waals surface area contributed by atoms with Crippen molar-refractivity contribution in [1.82, 2.24) is 21.3 Å². The Hall–Kier alpha value is -3.65. The van der Waals surface area contributed by atoms with Crippen LogP contribution in [0.1, 0.15) is 104 Å². The monoisotopic (exact) mass is 794 g/mol. The van der Waals surface area contributed by atoms with Crippen molar-refractivity contribution in [1.29, 1.82) is 0 Å². The minimum absolute atomic E-state index is 0.0185. The smallest absolute Gasteiger partial charge is 0.306 e. The fraction of sp³-hybridized carbons (Fsp3) is 0.705. The van der Waals surface area contributed by atoms with E-state index in [-0.39, 0.29) is 97.0 Å². The van der Waals surface area contributed by atoms with Crippen molar-refractivity contribution in [3.63, 3.8) is 0 Å². The summed E-state index contributed by atoms with van der Waals surface area (Å²) >= 11 is 0. The normalized spacial score (nSPS) is 30.1. The molecule has 1 aromatic rings. The summed E-state index contributed by atoms with van der Waals surface area (Å²) in [7, 11) is 1.69. The molecule has 3 amide bonds. The first-order chi connectivity index (χ1) is 27.3. The molecule has 2 saturated heterocycles. The molecule has 4 N–H and O–H groups in total. The number of methoxy groups -OCH3 is 1. The molecule has 2 aliphatic carbocycles. The lowest BCUT2D eigenvalue weighted by Crippen LogP contribution is -2.55. The SMILES string of the molecule is COC1C(OC(=O)CC2CCC(NC(=O)CCN[C@@H](CC(C)C)C(=O)N[C@@H](Cc3ccccc3)C(=O)NCC=O)CC2)CC[C@]2(CO2)C1C1(C)O[C@@H]1CC=C(C)C. The fourth-order valence-electron chi connectivity index (χ4n) is 9.04. The molecule has 4 fully saturated rings. The van der Waals surface area contributed by atoms with Crippen LogP contribution < -0.4 is 21.3 Å². The first kappa shape index (κ1) is 44.5. The van der Waals surface area contributed by atoms with Crippen molar-refractivity contribution in [3.8, 4) is 0 Å². The molecule has 5 rings (SSSR count). The zero-order chi connectivity index (χ0) is 41.2. The molecule has 0 radical (unpaired) electrons. The van der Waals surface area contributed by atoms with E-state index in [1.165, 1.54) is 5.57 Å². The largest absolute Gasteiger partial charge is 0.460 e. The highest BCUT2D eigenvalue weighted by Gasteiger charge is 2.72. The Labute approximate surface area is 338 Å². The van der Waals surface area contributed by atoms with E-state index >= 15 is 0 Å². The average Bonchev–Trinajstić information content (AvgIpc) is 4.10. The van der Waals surface area contributed by atoms with Gasteiger partial charge in [-0.25, -0.2) is 0 Å². The summed E-state index contributed by atoms with van der Waals surface area (Å²) < 4.78 is 24.6. The third-order valence-electron chi connectivity index (χ3n) is 12.2. The Morgan fingerprint density at radius 1 is 1.00 bits per heavy atom. The lowest BCUT2D eigenvalue weighted by molar-refractivity contribution is -0.173. The van der Waals surface area contributed by atoms with E-state index in [1.54, 1.807) is 7.11 Å². The van der Waals surface area contributed by atoms with E-state index in [0.29, 0.717) is 32.2 Å². The van der Waals surface area contributed by atoms with Gasteiger partial charge in [-0.1, -0.05) is 55.8 Å². The Morgan fingerprint density at radius 3 is 2.35 bits per heavy atom. The van der Waals surface area contributed by atoms with Gasteiger partial charge in [0, 0.05) is 39.0 Å². The maximum atomic E-state index is 13.5. The minimum Gasteiger partial charge on any atom is -0.460 e. The van der Waals surface area contributed by atoms with Gasteiger partial charge in [-0.2, -0.15) is 0 Å². The van der Waals surface area contributed by atoms with Crippen molar-refractivity contribution in [2.45, 2.75) is 153 Å². The molecule has 57 heavy (non-hydrogen) atoms. The van der Waals surface area contributed by atoms with Gasteiger partial charge >= 0.3 is 5.97 Å². The first-order valence-electron chi connectivity index (χ1n) is 21.0. The Kier molecular flexibility index (Phi) is 15.9. The Bertz CT molecular complexity index is 1550. The van der Waals surface area contributed by atoms with Gasteiger partial charge in [-0.3, -0.25) is 19.2 Å². The van der Waals surface area contributed by atoms with Crippen molar-refractivity contribution >= 4 is 30.0 Å². The van der Waals surface area contributed by atoms with Gasteiger partial charge in [0.25, 0.3) is 0 Å². The van der Waals surface area contributed by atoms with Crippen LogP contribution in [-0.4, -0.2) is 104 Å². The fourth-order valence-corrected chi connectivity index (χ4v) is 9.04.